The van der Waals surface area contributed by atoms with Crippen molar-refractivity contribution in [1.29, 1.82) is 0 Å². The fraction of sp³-hybridized carbons (Fsp3) is 0.571. The Labute approximate surface area is 72.2 Å². The van der Waals surface area contributed by atoms with Crippen molar-refractivity contribution in [2.75, 3.05) is 6.61 Å². The minimum absolute atomic E-state index is 0.0143. The molecule has 0 saturated carbocycles. The summed E-state index contributed by atoms with van der Waals surface area (Å²) in [7, 11) is 0. The van der Waals surface area contributed by atoms with Gasteiger partial charge in [-0.05, 0) is 0 Å². The highest BCUT2D eigenvalue weighted by Crippen LogP contribution is 2.34. The van der Waals surface area contributed by atoms with Crippen LogP contribution in [0.1, 0.15) is 6.92 Å². The van der Waals surface area contributed by atoms with Crippen LogP contribution in [-0.2, 0) is 9.53 Å². The summed E-state index contributed by atoms with van der Waals surface area (Å²) in [5.41, 5.74) is -0.455. The van der Waals surface area contributed by atoms with E-state index in [1.807, 2.05) is 0 Å². The minimum Gasteiger partial charge on any atom is -0.311 e. The Kier molecular flexibility index (Phi) is 3.60. The Bertz CT molecular complexity index is 207. The van der Waals surface area contributed by atoms with E-state index in [4.69, 9.17) is 0 Å². The van der Waals surface area contributed by atoms with Crippen LogP contribution in [0.2, 0.25) is 0 Å². The zero-order valence-electron chi connectivity index (χ0n) is 6.74. The molecular weight excluding hydrogens is 192 g/mol. The summed E-state index contributed by atoms with van der Waals surface area (Å²) in [5.74, 6) is -4.30. The normalized spacial score (nSPS) is 12.7. The molecule has 13 heavy (non-hydrogen) atoms. The second kappa shape index (κ2) is 3.87. The average molecular weight is 199 g/mol. The van der Waals surface area contributed by atoms with E-state index in [1.165, 1.54) is 0 Å². The van der Waals surface area contributed by atoms with Crippen LogP contribution in [0, 0.1) is 0 Å². The van der Waals surface area contributed by atoms with Crippen molar-refractivity contribution < 1.29 is 27.1 Å². The molecule has 0 aromatic rings. The highest BCUT2D eigenvalue weighted by atomic mass is 19.3. The number of alkyl halides is 4. The Balaban J connectivity index is 4.19. The quantitative estimate of drug-likeness (QED) is 0.499. The first kappa shape index (κ1) is 12.1. The molecule has 0 N–H and O–H groups in total. The van der Waals surface area contributed by atoms with Gasteiger partial charge in [0.25, 0.3) is 0 Å². The molecule has 0 aromatic carbocycles. The summed E-state index contributed by atoms with van der Waals surface area (Å²) >= 11 is 0. The van der Waals surface area contributed by atoms with Gasteiger partial charge in [0.1, 0.15) is 0 Å². The summed E-state index contributed by atoms with van der Waals surface area (Å²) in [6, 6.07) is 0. The van der Waals surface area contributed by atoms with Gasteiger partial charge in [-0.25, -0.2) is 0 Å². The van der Waals surface area contributed by atoms with Crippen molar-refractivity contribution in [3.63, 3.8) is 0 Å². The Morgan fingerprint density at radius 3 is 2.23 bits per heavy atom. The Hall–Kier alpha value is -0.910. The van der Waals surface area contributed by atoms with Gasteiger partial charge in [0.2, 0.25) is 6.29 Å². The molecule has 1 radical (unpaired) electrons. The van der Waals surface area contributed by atoms with Crippen LogP contribution >= 0.6 is 0 Å². The lowest BCUT2D eigenvalue weighted by Crippen LogP contribution is -2.40. The lowest BCUT2D eigenvalue weighted by molar-refractivity contribution is -0.337. The highest BCUT2D eigenvalue weighted by Gasteiger charge is 2.53. The number of hydrogen-bond donors (Lipinski definition) is 0. The van der Waals surface area contributed by atoms with Crippen LogP contribution in [0.15, 0.2) is 12.2 Å². The third-order valence-electron chi connectivity index (χ3n) is 1.08. The zero-order valence-corrected chi connectivity index (χ0v) is 6.74. The SMILES string of the molecule is C=C([C]=O)COC(F)(F)C(C)(F)F. The molecule has 6 heteroatoms. The van der Waals surface area contributed by atoms with Crippen LogP contribution in [0.25, 0.3) is 0 Å². The minimum atomic E-state index is -4.60. The molecule has 75 valence electrons. The van der Waals surface area contributed by atoms with E-state index >= 15 is 0 Å². The third kappa shape index (κ3) is 3.54. The van der Waals surface area contributed by atoms with Crippen molar-refractivity contribution in [3.8, 4) is 0 Å². The van der Waals surface area contributed by atoms with E-state index in [1.54, 1.807) is 0 Å². The molecule has 0 amide bonds. The van der Waals surface area contributed by atoms with Gasteiger partial charge >= 0.3 is 12.0 Å². The predicted molar refractivity (Wildman–Crippen MR) is 36.4 cm³/mol. The summed E-state index contributed by atoms with van der Waals surface area (Å²) in [4.78, 5) is 9.73. The molecule has 0 aliphatic rings. The van der Waals surface area contributed by atoms with E-state index in [2.05, 4.69) is 11.3 Å². The zero-order chi connectivity index (χ0) is 10.7. The second-order valence-corrected chi connectivity index (χ2v) is 2.40. The lowest BCUT2D eigenvalue weighted by Gasteiger charge is -2.22. The van der Waals surface area contributed by atoms with E-state index in [0.717, 1.165) is 6.29 Å². The van der Waals surface area contributed by atoms with E-state index in [0.29, 0.717) is 0 Å². The molecule has 0 aromatic heterocycles. The molecule has 0 aliphatic carbocycles. The molecule has 0 atom stereocenters. The average Bonchev–Trinajstić information content (AvgIpc) is 1.98. The molecule has 0 fully saturated rings. The van der Waals surface area contributed by atoms with Crippen LogP contribution in [0.5, 0.6) is 0 Å². The van der Waals surface area contributed by atoms with Crippen molar-refractivity contribution in [1.82, 2.24) is 0 Å². The van der Waals surface area contributed by atoms with E-state index in [9.17, 15) is 22.4 Å². The van der Waals surface area contributed by atoms with Gasteiger partial charge in [-0.3, -0.25) is 4.79 Å². The first-order valence-electron chi connectivity index (χ1n) is 3.16. The van der Waals surface area contributed by atoms with Crippen molar-refractivity contribution in [2.45, 2.75) is 19.0 Å². The lowest BCUT2D eigenvalue weighted by atomic mass is 10.3. The maximum absolute atomic E-state index is 12.3. The van der Waals surface area contributed by atoms with Crippen molar-refractivity contribution in [3.05, 3.63) is 12.2 Å². The summed E-state index contributed by atoms with van der Waals surface area (Å²) in [5, 5.41) is 0. The van der Waals surface area contributed by atoms with Gasteiger partial charge in [-0.2, -0.15) is 17.6 Å². The van der Waals surface area contributed by atoms with Gasteiger partial charge < -0.3 is 4.74 Å². The van der Waals surface area contributed by atoms with Gasteiger partial charge in [-0.15, -0.1) is 0 Å². The molecular formula is C7H7F4O2. The number of rotatable bonds is 5. The van der Waals surface area contributed by atoms with Crippen LogP contribution in [0.3, 0.4) is 0 Å². The van der Waals surface area contributed by atoms with Crippen LogP contribution in [-0.4, -0.2) is 24.9 Å². The number of halogens is 4. The first-order valence-corrected chi connectivity index (χ1v) is 3.16. The van der Waals surface area contributed by atoms with Gasteiger partial charge in [0, 0.05) is 12.5 Å². The van der Waals surface area contributed by atoms with E-state index in [-0.39, 0.29) is 6.92 Å². The predicted octanol–water partition coefficient (Wildman–Crippen LogP) is 1.92. The van der Waals surface area contributed by atoms with Crippen LogP contribution in [0.4, 0.5) is 17.6 Å². The number of hydrogen-bond acceptors (Lipinski definition) is 2. The molecule has 0 unspecified atom stereocenters. The second-order valence-electron chi connectivity index (χ2n) is 2.40. The Morgan fingerprint density at radius 2 is 1.92 bits per heavy atom. The summed E-state index contributed by atoms with van der Waals surface area (Å²) in [6.07, 6.45) is -3.46. The maximum Gasteiger partial charge on any atom is 0.419 e. The molecule has 0 rings (SSSR count). The first-order chi connectivity index (χ1) is 5.70. The molecule has 0 saturated heterocycles. The monoisotopic (exact) mass is 199 g/mol. The van der Waals surface area contributed by atoms with Crippen molar-refractivity contribution in [2.24, 2.45) is 0 Å². The summed E-state index contributed by atoms with van der Waals surface area (Å²) < 4.78 is 52.2. The third-order valence-corrected chi connectivity index (χ3v) is 1.08. The maximum atomic E-state index is 12.3. The molecule has 0 spiro atoms. The topological polar surface area (TPSA) is 26.3 Å². The smallest absolute Gasteiger partial charge is 0.311 e. The molecule has 2 nitrogen and oxygen atoms in total. The standard InChI is InChI=1S/C7H7F4O2/c1-5(3-12)4-13-7(10,11)6(2,8)9/h1,4H2,2H3. The Morgan fingerprint density at radius 1 is 1.46 bits per heavy atom. The number of carbonyl (C=O) groups excluding carboxylic acids is 1. The van der Waals surface area contributed by atoms with Crippen molar-refractivity contribution >= 4 is 6.29 Å². The van der Waals surface area contributed by atoms with Crippen LogP contribution < -0.4 is 0 Å². The molecule has 0 aliphatic heterocycles. The van der Waals surface area contributed by atoms with Gasteiger partial charge in [-0.1, -0.05) is 6.58 Å². The highest BCUT2D eigenvalue weighted by molar-refractivity contribution is 5.73. The largest absolute Gasteiger partial charge is 0.419 e. The number of ether oxygens (including phenoxy) is 1. The molecule has 0 bridgehead atoms. The fourth-order valence-corrected chi connectivity index (χ4v) is 0.334. The summed E-state index contributed by atoms with van der Waals surface area (Å²) in [6.45, 7) is 1.97. The van der Waals surface area contributed by atoms with E-state index < -0.39 is 24.2 Å². The van der Waals surface area contributed by atoms with Gasteiger partial charge in [0.15, 0.2) is 0 Å². The van der Waals surface area contributed by atoms with Gasteiger partial charge in [0.05, 0.1) is 6.61 Å². The molecule has 0 heterocycles. The fourth-order valence-electron chi connectivity index (χ4n) is 0.334.